The number of nitrogens with one attached hydrogen (secondary N) is 2. The van der Waals surface area contributed by atoms with Crippen molar-refractivity contribution in [3.8, 4) is 0 Å². The Bertz CT molecular complexity index is 922. The summed E-state index contributed by atoms with van der Waals surface area (Å²) in [6.07, 6.45) is 0. The minimum atomic E-state index is -1.82. The maximum Gasteiger partial charge on any atom is 0.414 e. The van der Waals surface area contributed by atoms with Gasteiger partial charge in [0.2, 0.25) is 11.8 Å². The van der Waals surface area contributed by atoms with Crippen LogP contribution in [0.15, 0.2) is 48.5 Å². The predicted molar refractivity (Wildman–Crippen MR) is 106 cm³/mol. The average Bonchev–Trinajstić information content (AvgIpc) is 2.69. The van der Waals surface area contributed by atoms with E-state index in [0.29, 0.717) is 17.3 Å². The fourth-order valence-electron chi connectivity index (χ4n) is 2.50. The van der Waals surface area contributed by atoms with Crippen molar-refractivity contribution in [2.24, 2.45) is 0 Å². The number of rotatable bonds is 4. The van der Waals surface area contributed by atoms with Crippen molar-refractivity contribution in [3.63, 3.8) is 0 Å². The molecular weight excluding hydrogens is 402 g/mol. The molecule has 0 saturated carbocycles. The average molecular weight is 420 g/mol. The van der Waals surface area contributed by atoms with Crippen molar-refractivity contribution in [1.82, 2.24) is 5.32 Å². The summed E-state index contributed by atoms with van der Waals surface area (Å²) < 4.78 is 0. The molecule has 0 saturated heterocycles. The lowest BCUT2D eigenvalue weighted by Crippen LogP contribution is -2.45. The highest BCUT2D eigenvalue weighted by molar-refractivity contribution is 6.31. The number of anilines is 2. The molecule has 0 aromatic heterocycles. The number of hydrogen-bond acceptors (Lipinski definition) is 5. The van der Waals surface area contributed by atoms with Crippen LogP contribution in [0.5, 0.6) is 0 Å². The van der Waals surface area contributed by atoms with Crippen LogP contribution in [-0.4, -0.2) is 47.1 Å². The zero-order valence-electron chi connectivity index (χ0n) is 15.1. The normalized spacial score (nSPS) is 12.2. The van der Waals surface area contributed by atoms with Crippen LogP contribution in [0.4, 0.5) is 11.4 Å². The van der Waals surface area contributed by atoms with Crippen LogP contribution >= 0.6 is 11.6 Å². The zero-order chi connectivity index (χ0) is 21.4. The standard InChI is InChI=1S/C17H16ClN3O2.C2H2O4/c18-13-6-2-1-5-12(13)9-19-10-17(23)21-11-16(22)20-14-7-3-4-8-15(14)21;3-1(4)2(5)6/h1-8,19H,9-11H2,(H,20,22);(H,3,4)(H,5,6). The number of carboxylic acids is 2. The summed E-state index contributed by atoms with van der Waals surface area (Å²) in [7, 11) is 0. The predicted octanol–water partition coefficient (Wildman–Crippen LogP) is 1.57. The molecule has 0 radical (unpaired) electrons. The van der Waals surface area contributed by atoms with Gasteiger partial charge in [-0.05, 0) is 23.8 Å². The Balaban J connectivity index is 0.000000438. The van der Waals surface area contributed by atoms with Gasteiger partial charge in [-0.25, -0.2) is 9.59 Å². The molecule has 29 heavy (non-hydrogen) atoms. The summed E-state index contributed by atoms with van der Waals surface area (Å²) in [5, 5.41) is 21.3. The molecular formula is C19H18ClN3O6. The fraction of sp³-hybridized carbons (Fsp3) is 0.158. The van der Waals surface area contributed by atoms with Gasteiger partial charge >= 0.3 is 11.9 Å². The highest BCUT2D eigenvalue weighted by Crippen LogP contribution is 2.28. The molecule has 9 nitrogen and oxygen atoms in total. The maximum absolute atomic E-state index is 12.4. The number of carboxylic acid groups (broad SMARTS) is 2. The van der Waals surface area contributed by atoms with Crippen molar-refractivity contribution in [2.45, 2.75) is 6.54 Å². The Morgan fingerprint density at radius 1 is 1.03 bits per heavy atom. The summed E-state index contributed by atoms with van der Waals surface area (Å²) >= 11 is 6.09. The number of carbonyl (C=O) groups is 4. The molecule has 1 aliphatic heterocycles. The summed E-state index contributed by atoms with van der Waals surface area (Å²) in [6.45, 7) is 0.656. The number of fused-ring (bicyclic) bond motifs is 1. The van der Waals surface area contributed by atoms with Crippen LogP contribution in [0, 0.1) is 0 Å². The number of nitrogens with zero attached hydrogens (tertiary/aromatic N) is 1. The highest BCUT2D eigenvalue weighted by Gasteiger charge is 2.26. The monoisotopic (exact) mass is 419 g/mol. The van der Waals surface area contributed by atoms with Gasteiger partial charge in [0.1, 0.15) is 6.54 Å². The molecule has 0 bridgehead atoms. The van der Waals surface area contributed by atoms with Crippen LogP contribution in [0.3, 0.4) is 0 Å². The van der Waals surface area contributed by atoms with E-state index in [1.807, 2.05) is 42.5 Å². The van der Waals surface area contributed by atoms with E-state index in [9.17, 15) is 9.59 Å². The number of aliphatic carboxylic acids is 2. The quantitative estimate of drug-likeness (QED) is 0.552. The Hall–Kier alpha value is -3.43. The maximum atomic E-state index is 12.4. The van der Waals surface area contributed by atoms with Gasteiger partial charge in [-0.15, -0.1) is 0 Å². The Kier molecular flexibility index (Phi) is 7.70. The van der Waals surface area contributed by atoms with E-state index in [4.69, 9.17) is 31.4 Å². The van der Waals surface area contributed by atoms with E-state index < -0.39 is 11.9 Å². The third-order valence-corrected chi connectivity index (χ3v) is 4.17. The number of para-hydroxylation sites is 2. The van der Waals surface area contributed by atoms with E-state index in [1.54, 1.807) is 6.07 Å². The van der Waals surface area contributed by atoms with Crippen molar-refractivity contribution in [2.75, 3.05) is 23.3 Å². The van der Waals surface area contributed by atoms with Crippen LogP contribution in [-0.2, 0) is 25.7 Å². The molecule has 0 fully saturated rings. The Morgan fingerprint density at radius 2 is 1.66 bits per heavy atom. The lowest BCUT2D eigenvalue weighted by atomic mass is 10.2. The third kappa shape index (κ3) is 6.30. The molecule has 1 aliphatic rings. The second-order valence-corrected chi connectivity index (χ2v) is 6.26. The van der Waals surface area contributed by atoms with E-state index in [1.165, 1.54) is 4.90 Å². The summed E-state index contributed by atoms with van der Waals surface area (Å²) in [6, 6.07) is 14.7. The van der Waals surface area contributed by atoms with Crippen molar-refractivity contribution in [3.05, 3.63) is 59.1 Å². The second kappa shape index (κ2) is 10.2. The number of benzene rings is 2. The lowest BCUT2D eigenvalue weighted by Gasteiger charge is -2.29. The van der Waals surface area contributed by atoms with Gasteiger partial charge in [-0.2, -0.15) is 0 Å². The topological polar surface area (TPSA) is 136 Å². The molecule has 2 aromatic carbocycles. The van der Waals surface area contributed by atoms with Gasteiger partial charge in [0.15, 0.2) is 0 Å². The Labute approximate surface area is 170 Å². The van der Waals surface area contributed by atoms with E-state index in [0.717, 1.165) is 11.3 Å². The first kappa shape index (κ1) is 21.9. The number of hydrogen-bond donors (Lipinski definition) is 4. The summed E-state index contributed by atoms with van der Waals surface area (Å²) in [5.41, 5.74) is 2.30. The Morgan fingerprint density at radius 3 is 2.31 bits per heavy atom. The first-order chi connectivity index (χ1) is 13.8. The smallest absolute Gasteiger partial charge is 0.414 e. The number of carbonyl (C=O) groups excluding carboxylic acids is 2. The van der Waals surface area contributed by atoms with Gasteiger partial charge < -0.3 is 20.8 Å². The van der Waals surface area contributed by atoms with Gasteiger partial charge in [-0.3, -0.25) is 14.5 Å². The first-order valence-corrected chi connectivity index (χ1v) is 8.77. The molecule has 1 heterocycles. The van der Waals surface area contributed by atoms with Crippen molar-refractivity contribution < 1.29 is 29.4 Å². The van der Waals surface area contributed by atoms with Crippen LogP contribution in [0.2, 0.25) is 5.02 Å². The summed E-state index contributed by atoms with van der Waals surface area (Å²) in [5.74, 6) is -3.99. The molecule has 2 amide bonds. The molecule has 0 spiro atoms. The molecule has 0 unspecified atom stereocenters. The zero-order valence-corrected chi connectivity index (χ0v) is 15.8. The van der Waals surface area contributed by atoms with Crippen LogP contribution < -0.4 is 15.5 Å². The molecule has 152 valence electrons. The SMILES string of the molecule is O=C(O)C(=O)O.O=C1CN(C(=O)CNCc2ccccc2Cl)c2ccccc2N1. The van der Waals surface area contributed by atoms with E-state index >= 15 is 0 Å². The van der Waals surface area contributed by atoms with Crippen LogP contribution in [0.25, 0.3) is 0 Å². The fourth-order valence-corrected chi connectivity index (χ4v) is 2.70. The molecule has 3 rings (SSSR count). The van der Waals surface area contributed by atoms with E-state index in [2.05, 4.69) is 10.6 Å². The number of amides is 2. The molecule has 0 aliphatic carbocycles. The van der Waals surface area contributed by atoms with Gasteiger partial charge in [0.05, 0.1) is 17.9 Å². The molecule has 10 heteroatoms. The minimum Gasteiger partial charge on any atom is -0.473 e. The highest BCUT2D eigenvalue weighted by atomic mass is 35.5. The second-order valence-electron chi connectivity index (χ2n) is 5.85. The van der Waals surface area contributed by atoms with E-state index in [-0.39, 0.29) is 24.9 Å². The summed E-state index contributed by atoms with van der Waals surface area (Å²) in [4.78, 5) is 43.9. The molecule has 2 aromatic rings. The number of halogens is 1. The lowest BCUT2D eigenvalue weighted by molar-refractivity contribution is -0.159. The molecule has 0 atom stereocenters. The van der Waals surface area contributed by atoms with Crippen molar-refractivity contribution in [1.29, 1.82) is 0 Å². The van der Waals surface area contributed by atoms with Crippen LogP contribution in [0.1, 0.15) is 5.56 Å². The first-order valence-electron chi connectivity index (χ1n) is 8.39. The molecule has 4 N–H and O–H groups in total. The van der Waals surface area contributed by atoms with Gasteiger partial charge in [0.25, 0.3) is 0 Å². The largest absolute Gasteiger partial charge is 0.473 e. The third-order valence-electron chi connectivity index (χ3n) is 3.80. The van der Waals surface area contributed by atoms with Gasteiger partial charge in [0, 0.05) is 11.6 Å². The minimum absolute atomic E-state index is 0.0314. The van der Waals surface area contributed by atoms with Gasteiger partial charge in [-0.1, -0.05) is 41.9 Å². The van der Waals surface area contributed by atoms with Crippen molar-refractivity contribution >= 4 is 46.7 Å².